The first kappa shape index (κ1) is 11.4. The summed E-state index contributed by atoms with van der Waals surface area (Å²) in [4.78, 5) is 28.0. The van der Waals surface area contributed by atoms with Crippen LogP contribution in [0.5, 0.6) is 0 Å². The smallest absolute Gasteiger partial charge is 0.294 e. The van der Waals surface area contributed by atoms with Gasteiger partial charge in [0.25, 0.3) is 10.2 Å². The van der Waals surface area contributed by atoms with Gasteiger partial charge in [-0.25, -0.2) is 0 Å². The van der Waals surface area contributed by atoms with Crippen molar-refractivity contribution in [1.29, 1.82) is 0 Å². The van der Waals surface area contributed by atoms with Crippen molar-refractivity contribution < 1.29 is 29.7 Å². The molecule has 3 unspecified atom stereocenters. The third-order valence-corrected chi connectivity index (χ3v) is 1.78. The monoisotopic (exact) mass is 224 g/mol. The van der Waals surface area contributed by atoms with E-state index in [2.05, 4.69) is 9.68 Å². The van der Waals surface area contributed by atoms with Crippen molar-refractivity contribution in [3.05, 3.63) is 20.2 Å². The van der Waals surface area contributed by atoms with E-state index in [4.69, 9.17) is 4.74 Å². The quantitative estimate of drug-likeness (QED) is 0.441. The van der Waals surface area contributed by atoms with Crippen LogP contribution in [0.15, 0.2) is 0 Å². The van der Waals surface area contributed by atoms with Gasteiger partial charge in [0.05, 0.1) is 6.61 Å². The number of hydrogen-bond acceptors (Lipinski definition) is 8. The second-order valence-corrected chi connectivity index (χ2v) is 2.75. The molecule has 0 aliphatic carbocycles. The Kier molecular flexibility index (Phi) is 3.57. The maximum absolute atomic E-state index is 10.0. The minimum Gasteiger partial charge on any atom is -0.388 e. The number of nitrogens with zero attached hydrogens (tertiary/aromatic N) is 2. The van der Waals surface area contributed by atoms with Crippen molar-refractivity contribution in [2.24, 2.45) is 0 Å². The standard InChI is InChI=1S/C5H8N2O8/c8-3-1-13-4(2-14-6(9)10)5(3)15-7(11)12/h3-5,8H,1-2H2. The fraction of sp³-hybridized carbons (Fsp3) is 1.00. The van der Waals surface area contributed by atoms with Gasteiger partial charge in [-0.3, -0.25) is 0 Å². The van der Waals surface area contributed by atoms with Crippen LogP contribution in [0.2, 0.25) is 0 Å². The topological polar surface area (TPSA) is 134 Å². The molecule has 0 radical (unpaired) electrons. The summed E-state index contributed by atoms with van der Waals surface area (Å²) in [6.07, 6.45) is -3.49. The molecular weight excluding hydrogens is 216 g/mol. The number of rotatable bonds is 5. The Balaban J connectivity index is 2.47. The van der Waals surface area contributed by atoms with E-state index < -0.39 is 35.1 Å². The Hall–Kier alpha value is -1.68. The molecule has 3 atom stereocenters. The van der Waals surface area contributed by atoms with Crippen LogP contribution in [-0.2, 0) is 14.4 Å². The normalized spacial score (nSPS) is 29.8. The van der Waals surface area contributed by atoms with Crippen LogP contribution in [0.3, 0.4) is 0 Å². The van der Waals surface area contributed by atoms with Crippen molar-refractivity contribution >= 4 is 0 Å². The van der Waals surface area contributed by atoms with Crippen LogP contribution in [0.4, 0.5) is 0 Å². The van der Waals surface area contributed by atoms with Gasteiger partial charge in [-0.05, 0) is 0 Å². The van der Waals surface area contributed by atoms with Crippen molar-refractivity contribution in [2.75, 3.05) is 13.2 Å². The summed E-state index contributed by atoms with van der Waals surface area (Å²) < 4.78 is 4.82. The molecule has 1 fully saturated rings. The van der Waals surface area contributed by atoms with Crippen LogP contribution >= 0.6 is 0 Å². The van der Waals surface area contributed by atoms with Crippen molar-refractivity contribution in [3.8, 4) is 0 Å². The predicted molar refractivity (Wildman–Crippen MR) is 40.6 cm³/mol. The highest BCUT2D eigenvalue weighted by atomic mass is 17.0. The van der Waals surface area contributed by atoms with E-state index in [-0.39, 0.29) is 6.61 Å². The molecular formula is C5H8N2O8. The van der Waals surface area contributed by atoms with Crippen LogP contribution in [-0.4, -0.2) is 46.8 Å². The van der Waals surface area contributed by atoms with Crippen LogP contribution in [0, 0.1) is 20.2 Å². The molecule has 0 aromatic rings. The largest absolute Gasteiger partial charge is 0.388 e. The number of ether oxygens (including phenoxy) is 1. The summed E-state index contributed by atoms with van der Waals surface area (Å²) in [5, 5.41) is 26.9. The first-order valence-corrected chi connectivity index (χ1v) is 3.89. The highest BCUT2D eigenvalue weighted by molar-refractivity contribution is 4.83. The predicted octanol–water partition coefficient (Wildman–Crippen LogP) is -1.47. The Morgan fingerprint density at radius 2 is 2.07 bits per heavy atom. The van der Waals surface area contributed by atoms with Crippen LogP contribution < -0.4 is 0 Å². The van der Waals surface area contributed by atoms with Gasteiger partial charge in [-0.2, -0.15) is 0 Å². The molecule has 1 rings (SSSR count). The summed E-state index contributed by atoms with van der Waals surface area (Å²) in [5.41, 5.74) is 0. The zero-order valence-electron chi connectivity index (χ0n) is 7.35. The molecule has 0 spiro atoms. The summed E-state index contributed by atoms with van der Waals surface area (Å²) >= 11 is 0. The summed E-state index contributed by atoms with van der Waals surface area (Å²) in [7, 11) is 0. The Morgan fingerprint density at radius 3 is 2.60 bits per heavy atom. The summed E-state index contributed by atoms with van der Waals surface area (Å²) in [6.45, 7) is -0.715. The third kappa shape index (κ3) is 3.18. The van der Waals surface area contributed by atoms with E-state index in [1.54, 1.807) is 0 Å². The van der Waals surface area contributed by atoms with E-state index in [1.165, 1.54) is 0 Å². The SMILES string of the molecule is O=[N+]([O-])OCC1OCC(O)C1O[N+](=O)[O-]. The van der Waals surface area contributed by atoms with Gasteiger partial charge in [-0.15, -0.1) is 20.2 Å². The fourth-order valence-corrected chi connectivity index (χ4v) is 1.17. The van der Waals surface area contributed by atoms with Crippen molar-refractivity contribution in [3.63, 3.8) is 0 Å². The van der Waals surface area contributed by atoms with Gasteiger partial charge in [0, 0.05) is 0 Å². The van der Waals surface area contributed by atoms with Gasteiger partial charge >= 0.3 is 0 Å². The first-order valence-electron chi connectivity index (χ1n) is 3.89. The highest BCUT2D eigenvalue weighted by Gasteiger charge is 2.39. The van der Waals surface area contributed by atoms with Crippen molar-refractivity contribution in [1.82, 2.24) is 0 Å². The molecule has 1 saturated heterocycles. The molecule has 1 aliphatic rings. The van der Waals surface area contributed by atoms with Gasteiger partial charge in [0.1, 0.15) is 18.8 Å². The minimum absolute atomic E-state index is 0.190. The van der Waals surface area contributed by atoms with E-state index in [0.717, 1.165) is 0 Å². The lowest BCUT2D eigenvalue weighted by atomic mass is 10.2. The van der Waals surface area contributed by atoms with Gasteiger partial charge < -0.3 is 19.5 Å². The lowest BCUT2D eigenvalue weighted by molar-refractivity contribution is -0.776. The molecule has 1 aliphatic heterocycles. The highest BCUT2D eigenvalue weighted by Crippen LogP contribution is 2.18. The molecule has 0 aromatic carbocycles. The molecule has 0 aromatic heterocycles. The molecule has 0 amide bonds. The second-order valence-electron chi connectivity index (χ2n) is 2.75. The number of aliphatic hydroxyl groups excluding tert-OH is 1. The lowest BCUT2D eigenvalue weighted by Crippen LogP contribution is -2.37. The van der Waals surface area contributed by atoms with E-state index >= 15 is 0 Å². The van der Waals surface area contributed by atoms with E-state index in [0.29, 0.717) is 0 Å². The minimum atomic E-state index is -1.26. The summed E-state index contributed by atoms with van der Waals surface area (Å²) in [5.74, 6) is 0. The Morgan fingerprint density at radius 1 is 1.40 bits per heavy atom. The molecule has 1 heterocycles. The Bertz CT molecular complexity index is 257. The van der Waals surface area contributed by atoms with Gasteiger partial charge in [0.2, 0.25) is 0 Å². The van der Waals surface area contributed by atoms with Gasteiger partial charge in [-0.1, -0.05) is 0 Å². The molecule has 86 valence electrons. The maximum atomic E-state index is 10.0. The molecule has 15 heavy (non-hydrogen) atoms. The zero-order valence-corrected chi connectivity index (χ0v) is 7.35. The summed E-state index contributed by atoms with van der Waals surface area (Å²) in [6, 6.07) is 0. The van der Waals surface area contributed by atoms with Gasteiger partial charge in [0.15, 0.2) is 6.10 Å². The molecule has 1 N–H and O–H groups in total. The average Bonchev–Trinajstić information content (AvgIpc) is 2.44. The zero-order chi connectivity index (χ0) is 11.4. The van der Waals surface area contributed by atoms with Crippen LogP contribution in [0.25, 0.3) is 0 Å². The average molecular weight is 224 g/mol. The molecule has 10 heteroatoms. The van der Waals surface area contributed by atoms with Crippen molar-refractivity contribution in [2.45, 2.75) is 18.3 Å². The first-order chi connectivity index (χ1) is 7.00. The number of aliphatic hydroxyl groups is 1. The maximum Gasteiger partial charge on any atom is 0.294 e. The Labute approximate surface area is 82.5 Å². The third-order valence-electron chi connectivity index (χ3n) is 1.78. The van der Waals surface area contributed by atoms with E-state index in [1.807, 2.05) is 0 Å². The fourth-order valence-electron chi connectivity index (χ4n) is 1.17. The van der Waals surface area contributed by atoms with Crippen LogP contribution in [0.1, 0.15) is 0 Å². The van der Waals surface area contributed by atoms with E-state index in [9.17, 15) is 25.3 Å². The molecule has 0 saturated carbocycles. The number of hydrogen-bond donors (Lipinski definition) is 1. The molecule has 10 nitrogen and oxygen atoms in total. The second kappa shape index (κ2) is 4.70. The molecule has 0 bridgehead atoms. The lowest BCUT2D eigenvalue weighted by Gasteiger charge is -2.16.